The van der Waals surface area contributed by atoms with Gasteiger partial charge in [0, 0.05) is 43.6 Å². The van der Waals surface area contributed by atoms with E-state index in [2.05, 4.69) is 40.2 Å². The predicted octanol–water partition coefficient (Wildman–Crippen LogP) is 2.73. The van der Waals surface area contributed by atoms with Crippen molar-refractivity contribution >= 4 is 0 Å². The molecular weight excluding hydrogens is 288 g/mol. The number of aromatic nitrogens is 1. The summed E-state index contributed by atoms with van der Waals surface area (Å²) in [4.78, 5) is 6.60. The SMILES string of the molecule is COCCN1CC[C@@]2(COc3ccc(-c4ccncc4)cc32)C1. The zero-order chi connectivity index (χ0) is 15.7. The molecular formula is C19H22N2O2. The van der Waals surface area contributed by atoms with Crippen molar-refractivity contribution < 1.29 is 9.47 Å². The van der Waals surface area contributed by atoms with Crippen LogP contribution in [0.4, 0.5) is 0 Å². The Balaban J connectivity index is 1.63. The van der Waals surface area contributed by atoms with Gasteiger partial charge in [-0.3, -0.25) is 9.88 Å². The summed E-state index contributed by atoms with van der Waals surface area (Å²) in [7, 11) is 1.76. The second-order valence-electron chi connectivity index (χ2n) is 6.53. The average Bonchev–Trinajstić information content (AvgIpc) is 3.19. The van der Waals surface area contributed by atoms with Crippen LogP contribution in [0, 0.1) is 0 Å². The molecule has 0 bridgehead atoms. The molecule has 0 unspecified atom stereocenters. The standard InChI is InChI=1S/C19H22N2O2/c1-22-11-10-21-9-6-19(13-21)14-23-18-3-2-16(12-17(18)19)15-4-7-20-8-5-15/h2-5,7-8,12H,6,9-11,13-14H2,1H3/t19-/m0/s1. The van der Waals surface area contributed by atoms with E-state index in [0.29, 0.717) is 0 Å². The van der Waals surface area contributed by atoms with Crippen LogP contribution in [-0.2, 0) is 10.2 Å². The van der Waals surface area contributed by atoms with Crippen LogP contribution < -0.4 is 4.74 Å². The van der Waals surface area contributed by atoms with Crippen molar-refractivity contribution in [3.8, 4) is 16.9 Å². The topological polar surface area (TPSA) is 34.6 Å². The highest BCUT2D eigenvalue weighted by Crippen LogP contribution is 2.46. The molecule has 3 heterocycles. The maximum absolute atomic E-state index is 6.01. The summed E-state index contributed by atoms with van der Waals surface area (Å²) >= 11 is 0. The lowest BCUT2D eigenvalue weighted by Crippen LogP contribution is -2.33. The van der Waals surface area contributed by atoms with Crippen molar-refractivity contribution in [2.75, 3.05) is 40.0 Å². The zero-order valence-corrected chi connectivity index (χ0v) is 13.5. The maximum atomic E-state index is 6.01. The Kier molecular flexibility index (Phi) is 3.79. The van der Waals surface area contributed by atoms with E-state index in [1.807, 2.05) is 12.4 Å². The average molecular weight is 310 g/mol. The van der Waals surface area contributed by atoms with E-state index >= 15 is 0 Å². The fraction of sp³-hybridized carbons (Fsp3) is 0.421. The number of ether oxygens (including phenoxy) is 2. The van der Waals surface area contributed by atoms with E-state index in [1.165, 1.54) is 16.7 Å². The third-order valence-corrected chi connectivity index (χ3v) is 5.11. The van der Waals surface area contributed by atoms with Gasteiger partial charge in [0.25, 0.3) is 0 Å². The van der Waals surface area contributed by atoms with Gasteiger partial charge in [-0.05, 0) is 48.4 Å². The van der Waals surface area contributed by atoms with Crippen molar-refractivity contribution in [2.24, 2.45) is 0 Å². The lowest BCUT2D eigenvalue weighted by molar-refractivity contribution is 0.155. The molecule has 23 heavy (non-hydrogen) atoms. The van der Waals surface area contributed by atoms with Crippen LogP contribution in [-0.4, -0.2) is 49.8 Å². The number of methoxy groups -OCH3 is 1. The van der Waals surface area contributed by atoms with Crippen molar-refractivity contribution in [2.45, 2.75) is 11.8 Å². The summed E-state index contributed by atoms with van der Waals surface area (Å²) in [5, 5.41) is 0. The second kappa shape index (κ2) is 5.95. The highest BCUT2D eigenvalue weighted by Gasteiger charge is 2.45. The van der Waals surface area contributed by atoms with E-state index in [-0.39, 0.29) is 5.41 Å². The highest BCUT2D eigenvalue weighted by atomic mass is 16.5. The minimum absolute atomic E-state index is 0.145. The van der Waals surface area contributed by atoms with Gasteiger partial charge < -0.3 is 9.47 Å². The Bertz CT molecular complexity index is 689. The first-order chi connectivity index (χ1) is 11.3. The van der Waals surface area contributed by atoms with Crippen LogP contribution in [0.3, 0.4) is 0 Å². The van der Waals surface area contributed by atoms with E-state index in [9.17, 15) is 0 Å². The molecule has 1 aromatic heterocycles. The van der Waals surface area contributed by atoms with Crippen LogP contribution in [0.15, 0.2) is 42.7 Å². The monoisotopic (exact) mass is 310 g/mol. The molecule has 2 aliphatic heterocycles. The van der Waals surface area contributed by atoms with Crippen molar-refractivity contribution in [1.82, 2.24) is 9.88 Å². The van der Waals surface area contributed by atoms with Gasteiger partial charge >= 0.3 is 0 Å². The van der Waals surface area contributed by atoms with Gasteiger partial charge in [0.2, 0.25) is 0 Å². The fourth-order valence-electron chi connectivity index (χ4n) is 3.80. The van der Waals surface area contributed by atoms with Crippen LogP contribution in [0.5, 0.6) is 5.75 Å². The fourth-order valence-corrected chi connectivity index (χ4v) is 3.80. The maximum Gasteiger partial charge on any atom is 0.123 e. The number of benzene rings is 1. The van der Waals surface area contributed by atoms with Crippen LogP contribution in [0.25, 0.3) is 11.1 Å². The lowest BCUT2D eigenvalue weighted by atomic mass is 9.80. The molecule has 1 fully saturated rings. The molecule has 0 N–H and O–H groups in total. The van der Waals surface area contributed by atoms with Crippen LogP contribution in [0.1, 0.15) is 12.0 Å². The molecule has 2 aliphatic rings. The molecule has 0 amide bonds. The number of likely N-dealkylation sites (tertiary alicyclic amines) is 1. The number of pyridine rings is 1. The van der Waals surface area contributed by atoms with Crippen molar-refractivity contribution in [3.05, 3.63) is 48.3 Å². The Morgan fingerprint density at radius 2 is 2.09 bits per heavy atom. The quantitative estimate of drug-likeness (QED) is 0.870. The molecule has 4 heteroatoms. The Morgan fingerprint density at radius 1 is 1.22 bits per heavy atom. The van der Waals surface area contributed by atoms with E-state index in [4.69, 9.17) is 9.47 Å². The second-order valence-corrected chi connectivity index (χ2v) is 6.53. The molecule has 1 atom stereocenters. The molecule has 0 saturated carbocycles. The Labute approximate surface area is 137 Å². The first-order valence-electron chi connectivity index (χ1n) is 8.20. The molecule has 2 aromatic rings. The lowest BCUT2D eigenvalue weighted by Gasteiger charge is -2.23. The molecule has 120 valence electrons. The minimum Gasteiger partial charge on any atom is -0.492 e. The third kappa shape index (κ3) is 2.62. The van der Waals surface area contributed by atoms with Gasteiger partial charge in [-0.15, -0.1) is 0 Å². The molecule has 0 aliphatic carbocycles. The first kappa shape index (κ1) is 14.7. The van der Waals surface area contributed by atoms with Gasteiger partial charge in [-0.25, -0.2) is 0 Å². The van der Waals surface area contributed by atoms with Crippen LogP contribution in [0.2, 0.25) is 0 Å². The Morgan fingerprint density at radius 3 is 2.91 bits per heavy atom. The van der Waals surface area contributed by atoms with Gasteiger partial charge in [0.1, 0.15) is 5.75 Å². The number of hydrogen-bond acceptors (Lipinski definition) is 4. The molecule has 1 aromatic carbocycles. The summed E-state index contributed by atoms with van der Waals surface area (Å²) in [6, 6.07) is 10.7. The summed E-state index contributed by atoms with van der Waals surface area (Å²) < 4.78 is 11.2. The van der Waals surface area contributed by atoms with E-state index < -0.39 is 0 Å². The van der Waals surface area contributed by atoms with E-state index in [1.54, 1.807) is 7.11 Å². The largest absolute Gasteiger partial charge is 0.492 e. The molecule has 0 radical (unpaired) electrons. The van der Waals surface area contributed by atoms with Gasteiger partial charge in [-0.1, -0.05) is 6.07 Å². The summed E-state index contributed by atoms with van der Waals surface area (Å²) in [6.45, 7) is 4.76. The van der Waals surface area contributed by atoms with Crippen molar-refractivity contribution in [3.63, 3.8) is 0 Å². The smallest absolute Gasteiger partial charge is 0.123 e. The summed E-state index contributed by atoms with van der Waals surface area (Å²) in [5.41, 5.74) is 3.96. The van der Waals surface area contributed by atoms with E-state index in [0.717, 1.165) is 45.0 Å². The third-order valence-electron chi connectivity index (χ3n) is 5.11. The number of fused-ring (bicyclic) bond motifs is 2. The molecule has 4 nitrogen and oxygen atoms in total. The molecule has 4 rings (SSSR count). The summed E-state index contributed by atoms with van der Waals surface area (Å²) in [6.07, 6.45) is 4.84. The molecule has 1 spiro atoms. The van der Waals surface area contributed by atoms with Gasteiger partial charge in [0.15, 0.2) is 0 Å². The highest BCUT2D eigenvalue weighted by molar-refractivity contribution is 5.66. The molecule has 1 saturated heterocycles. The predicted molar refractivity (Wildman–Crippen MR) is 89.8 cm³/mol. The first-order valence-corrected chi connectivity index (χ1v) is 8.20. The minimum atomic E-state index is 0.145. The summed E-state index contributed by atoms with van der Waals surface area (Å²) in [5.74, 6) is 1.05. The van der Waals surface area contributed by atoms with Gasteiger partial charge in [-0.2, -0.15) is 0 Å². The number of rotatable bonds is 4. The van der Waals surface area contributed by atoms with Crippen LogP contribution >= 0.6 is 0 Å². The normalized spacial score (nSPS) is 23.2. The van der Waals surface area contributed by atoms with Crippen molar-refractivity contribution in [1.29, 1.82) is 0 Å². The zero-order valence-electron chi connectivity index (χ0n) is 13.5. The number of hydrogen-bond donors (Lipinski definition) is 0. The van der Waals surface area contributed by atoms with Gasteiger partial charge in [0.05, 0.1) is 13.2 Å². The number of nitrogens with zero attached hydrogens (tertiary/aromatic N) is 2. The Hall–Kier alpha value is -1.91.